The number of esters is 1. The summed E-state index contributed by atoms with van der Waals surface area (Å²) in [7, 11) is 1.35. The number of allylic oxidation sites excluding steroid dienone is 2. The zero-order valence-electron chi connectivity index (χ0n) is 12.3. The Kier molecular flexibility index (Phi) is 4.82. The van der Waals surface area contributed by atoms with E-state index in [-0.39, 0.29) is 5.69 Å². The zero-order valence-corrected chi connectivity index (χ0v) is 12.3. The number of imidazole rings is 1. The van der Waals surface area contributed by atoms with Crippen LogP contribution in [0.3, 0.4) is 0 Å². The monoisotopic (exact) mass is 277 g/mol. The van der Waals surface area contributed by atoms with Gasteiger partial charge in [0.2, 0.25) is 0 Å². The molecule has 2 N–H and O–H groups in total. The van der Waals surface area contributed by atoms with Crippen LogP contribution in [-0.2, 0) is 17.7 Å². The molecule has 0 aliphatic heterocycles. The molecule has 1 aliphatic carbocycles. The average Bonchev–Trinajstić information content (AvgIpc) is 2.81. The minimum Gasteiger partial charge on any atom is -0.464 e. The van der Waals surface area contributed by atoms with Crippen LogP contribution < -0.4 is 5.73 Å². The predicted molar refractivity (Wildman–Crippen MR) is 78.5 cm³/mol. The molecule has 110 valence electrons. The van der Waals surface area contributed by atoms with Crippen molar-refractivity contribution in [1.29, 1.82) is 0 Å². The van der Waals surface area contributed by atoms with E-state index in [1.807, 2.05) is 11.5 Å². The second-order valence-corrected chi connectivity index (χ2v) is 5.12. The van der Waals surface area contributed by atoms with Crippen LogP contribution in [0.15, 0.2) is 11.6 Å². The highest BCUT2D eigenvalue weighted by atomic mass is 16.5. The van der Waals surface area contributed by atoms with E-state index in [2.05, 4.69) is 11.1 Å². The number of ether oxygens (including phenoxy) is 1. The largest absolute Gasteiger partial charge is 0.464 e. The van der Waals surface area contributed by atoms with Crippen molar-refractivity contribution >= 4 is 11.8 Å². The zero-order chi connectivity index (χ0) is 14.5. The first-order valence-corrected chi connectivity index (χ1v) is 7.28. The highest BCUT2D eigenvalue weighted by Gasteiger charge is 2.20. The second kappa shape index (κ2) is 6.59. The van der Waals surface area contributed by atoms with Crippen LogP contribution in [-0.4, -0.2) is 22.6 Å². The van der Waals surface area contributed by atoms with Gasteiger partial charge in [-0.25, -0.2) is 9.78 Å². The molecule has 1 heterocycles. The summed E-state index contributed by atoms with van der Waals surface area (Å²) in [6, 6.07) is 0. The molecule has 0 saturated carbocycles. The van der Waals surface area contributed by atoms with E-state index >= 15 is 0 Å². The molecule has 5 nitrogen and oxygen atoms in total. The van der Waals surface area contributed by atoms with Crippen LogP contribution in [0.2, 0.25) is 0 Å². The van der Waals surface area contributed by atoms with E-state index in [1.54, 1.807) is 0 Å². The SMILES string of the molecule is CCc1nc(C(=O)OC)c(N)n1CCC1=CCCCC1. The molecule has 0 radical (unpaired) electrons. The van der Waals surface area contributed by atoms with Crippen molar-refractivity contribution in [3.8, 4) is 0 Å². The number of carbonyl (C=O) groups is 1. The second-order valence-electron chi connectivity index (χ2n) is 5.12. The molecule has 2 rings (SSSR count). The molecule has 0 unspecified atom stereocenters. The molecule has 0 saturated heterocycles. The Balaban J connectivity index is 2.15. The third kappa shape index (κ3) is 3.03. The number of nitrogen functional groups attached to an aromatic ring is 1. The van der Waals surface area contributed by atoms with Gasteiger partial charge >= 0.3 is 5.97 Å². The summed E-state index contributed by atoms with van der Waals surface area (Å²) in [5.74, 6) is 0.803. The minimum atomic E-state index is -0.465. The van der Waals surface area contributed by atoms with E-state index in [0.29, 0.717) is 5.82 Å². The molecule has 0 atom stereocenters. The van der Waals surface area contributed by atoms with Crippen molar-refractivity contribution in [3.63, 3.8) is 0 Å². The Labute approximate surface area is 119 Å². The van der Waals surface area contributed by atoms with E-state index in [0.717, 1.165) is 25.2 Å². The Morgan fingerprint density at radius 3 is 2.90 bits per heavy atom. The van der Waals surface area contributed by atoms with Crippen molar-refractivity contribution in [3.05, 3.63) is 23.2 Å². The molecule has 0 spiro atoms. The topological polar surface area (TPSA) is 70.1 Å². The van der Waals surface area contributed by atoms with E-state index in [1.165, 1.54) is 38.4 Å². The highest BCUT2D eigenvalue weighted by Crippen LogP contribution is 2.23. The molecular formula is C15H23N3O2. The number of aryl methyl sites for hydroxylation is 1. The smallest absolute Gasteiger partial charge is 0.360 e. The molecule has 0 aromatic carbocycles. The molecule has 20 heavy (non-hydrogen) atoms. The van der Waals surface area contributed by atoms with Crippen LogP contribution in [0.25, 0.3) is 0 Å². The van der Waals surface area contributed by atoms with Crippen LogP contribution in [0.4, 0.5) is 5.82 Å². The number of nitrogens with zero attached hydrogens (tertiary/aromatic N) is 2. The molecule has 1 aliphatic rings. The Bertz CT molecular complexity index is 517. The third-order valence-corrected chi connectivity index (χ3v) is 3.82. The number of anilines is 1. The van der Waals surface area contributed by atoms with Gasteiger partial charge in [0.15, 0.2) is 5.69 Å². The van der Waals surface area contributed by atoms with Gasteiger partial charge in [0.05, 0.1) is 7.11 Å². The number of hydrogen-bond acceptors (Lipinski definition) is 4. The lowest BCUT2D eigenvalue weighted by molar-refractivity contribution is 0.0595. The van der Waals surface area contributed by atoms with Crippen LogP contribution in [0.1, 0.15) is 55.3 Å². The number of nitrogens with two attached hydrogens (primary N) is 1. The summed E-state index contributed by atoms with van der Waals surface area (Å²) >= 11 is 0. The molecule has 0 amide bonds. The van der Waals surface area contributed by atoms with E-state index in [4.69, 9.17) is 10.5 Å². The maximum atomic E-state index is 11.6. The number of carbonyl (C=O) groups excluding carboxylic acids is 1. The molecule has 0 fully saturated rings. The Morgan fingerprint density at radius 2 is 2.30 bits per heavy atom. The van der Waals surface area contributed by atoms with Crippen LogP contribution in [0.5, 0.6) is 0 Å². The fourth-order valence-electron chi connectivity index (χ4n) is 2.67. The minimum absolute atomic E-state index is 0.238. The van der Waals surface area contributed by atoms with Gasteiger partial charge < -0.3 is 15.0 Å². The van der Waals surface area contributed by atoms with Gasteiger partial charge in [0, 0.05) is 13.0 Å². The molecular weight excluding hydrogens is 254 g/mol. The summed E-state index contributed by atoms with van der Waals surface area (Å²) in [5.41, 5.74) is 7.78. The van der Waals surface area contributed by atoms with E-state index in [9.17, 15) is 4.79 Å². The summed E-state index contributed by atoms with van der Waals surface area (Å²) in [6.07, 6.45) is 9.00. The van der Waals surface area contributed by atoms with Crippen molar-refractivity contribution in [1.82, 2.24) is 9.55 Å². The van der Waals surface area contributed by atoms with Gasteiger partial charge in [0.25, 0.3) is 0 Å². The Hall–Kier alpha value is -1.78. The maximum absolute atomic E-state index is 11.6. The lowest BCUT2D eigenvalue weighted by Gasteiger charge is -2.14. The first-order valence-electron chi connectivity index (χ1n) is 7.28. The number of aromatic nitrogens is 2. The fraction of sp³-hybridized carbons (Fsp3) is 0.600. The van der Waals surface area contributed by atoms with Gasteiger partial charge in [-0.1, -0.05) is 18.6 Å². The first kappa shape index (κ1) is 14.6. The van der Waals surface area contributed by atoms with Crippen molar-refractivity contribution in [2.24, 2.45) is 0 Å². The summed E-state index contributed by atoms with van der Waals surface area (Å²) in [4.78, 5) is 15.9. The molecule has 0 bridgehead atoms. The van der Waals surface area contributed by atoms with Crippen LogP contribution in [0, 0.1) is 0 Å². The van der Waals surface area contributed by atoms with Crippen molar-refractivity contribution in [2.45, 2.75) is 52.0 Å². The van der Waals surface area contributed by atoms with Gasteiger partial charge in [-0.15, -0.1) is 0 Å². The molecule has 5 heteroatoms. The van der Waals surface area contributed by atoms with E-state index < -0.39 is 5.97 Å². The Morgan fingerprint density at radius 1 is 1.50 bits per heavy atom. The van der Waals surface area contributed by atoms with Gasteiger partial charge in [-0.05, 0) is 32.1 Å². The fourth-order valence-corrected chi connectivity index (χ4v) is 2.67. The summed E-state index contributed by atoms with van der Waals surface area (Å²) in [6.45, 7) is 2.80. The maximum Gasteiger partial charge on any atom is 0.360 e. The van der Waals surface area contributed by atoms with Crippen LogP contribution >= 0.6 is 0 Å². The molecule has 1 aromatic rings. The lowest BCUT2D eigenvalue weighted by Crippen LogP contribution is -2.10. The first-order chi connectivity index (χ1) is 9.67. The predicted octanol–water partition coefficient (Wildman–Crippen LogP) is 2.70. The van der Waals surface area contributed by atoms with Gasteiger partial charge in [-0.2, -0.15) is 0 Å². The standard InChI is InChI=1S/C15H23N3O2/c1-3-12-17-13(15(19)20-2)14(16)18(12)10-9-11-7-5-4-6-8-11/h7H,3-6,8-10,16H2,1-2H3. The summed E-state index contributed by atoms with van der Waals surface area (Å²) < 4.78 is 6.66. The van der Waals surface area contributed by atoms with Gasteiger partial charge in [-0.3, -0.25) is 0 Å². The number of methoxy groups -OCH3 is 1. The normalized spacial score (nSPS) is 15.0. The lowest BCUT2D eigenvalue weighted by atomic mass is 9.97. The quantitative estimate of drug-likeness (QED) is 0.663. The summed E-state index contributed by atoms with van der Waals surface area (Å²) in [5, 5.41) is 0. The highest BCUT2D eigenvalue weighted by molar-refractivity contribution is 5.92. The van der Waals surface area contributed by atoms with Gasteiger partial charge in [0.1, 0.15) is 11.6 Å². The van der Waals surface area contributed by atoms with Crippen molar-refractivity contribution in [2.75, 3.05) is 12.8 Å². The third-order valence-electron chi connectivity index (χ3n) is 3.82. The average molecular weight is 277 g/mol. The number of hydrogen-bond donors (Lipinski definition) is 1. The van der Waals surface area contributed by atoms with Crippen molar-refractivity contribution < 1.29 is 9.53 Å². The molecule has 1 aromatic heterocycles. The number of rotatable bonds is 5.